The molecule has 1 aliphatic rings. The van der Waals surface area contributed by atoms with Crippen LogP contribution in [0.1, 0.15) is 19.3 Å². The first-order valence-corrected chi connectivity index (χ1v) is 12.3. The van der Waals surface area contributed by atoms with E-state index in [1.54, 1.807) is 0 Å². The second-order valence-electron chi connectivity index (χ2n) is 8.86. The third-order valence-corrected chi connectivity index (χ3v) is 7.15. The molecule has 1 saturated heterocycles. The standard InChI is InChI=1S/C26H26Cl2N4O/c27-15-2-4-22-18(12-15)20-14-21-19-13-16(28)3-5-23(19)32-25(21)26(24(20)31-22)33-11-1-8-30-17-6-9-29-10-7-17/h2-5,12-14,17,29-32H,1,6-11H2. The molecule has 170 valence electrons. The van der Waals surface area contributed by atoms with Gasteiger partial charge in [0.15, 0.2) is 5.75 Å². The number of fused-ring (bicyclic) bond motifs is 6. The average molecular weight is 481 g/mol. The Bertz CT molecular complexity index is 1370. The minimum absolute atomic E-state index is 0.610. The molecule has 6 rings (SSSR count). The van der Waals surface area contributed by atoms with Crippen molar-refractivity contribution in [3.8, 4) is 5.75 Å². The van der Waals surface area contributed by atoms with Crippen molar-refractivity contribution in [2.75, 3.05) is 26.2 Å². The fourth-order valence-corrected chi connectivity index (χ4v) is 5.36. The molecule has 0 spiro atoms. The third-order valence-electron chi connectivity index (χ3n) is 6.68. The van der Waals surface area contributed by atoms with Crippen molar-refractivity contribution in [1.82, 2.24) is 20.6 Å². The van der Waals surface area contributed by atoms with Crippen LogP contribution in [0.5, 0.6) is 5.75 Å². The van der Waals surface area contributed by atoms with Crippen LogP contribution in [0.3, 0.4) is 0 Å². The van der Waals surface area contributed by atoms with E-state index >= 15 is 0 Å². The highest BCUT2D eigenvalue weighted by molar-refractivity contribution is 6.33. The van der Waals surface area contributed by atoms with Gasteiger partial charge in [0.2, 0.25) is 0 Å². The number of halogens is 2. The van der Waals surface area contributed by atoms with Gasteiger partial charge in [0.1, 0.15) is 0 Å². The maximum Gasteiger partial charge on any atom is 0.167 e. The van der Waals surface area contributed by atoms with Crippen LogP contribution < -0.4 is 15.4 Å². The molecule has 5 aromatic rings. The summed E-state index contributed by atoms with van der Waals surface area (Å²) in [6.07, 6.45) is 3.33. The van der Waals surface area contributed by atoms with Gasteiger partial charge in [0, 0.05) is 48.7 Å². The van der Waals surface area contributed by atoms with E-state index in [4.69, 9.17) is 27.9 Å². The summed E-state index contributed by atoms with van der Waals surface area (Å²) in [7, 11) is 0. The Kier molecular flexibility index (Phi) is 5.59. The molecule has 3 heterocycles. The van der Waals surface area contributed by atoms with E-state index < -0.39 is 0 Å². The summed E-state index contributed by atoms with van der Waals surface area (Å²) in [6.45, 7) is 3.79. The van der Waals surface area contributed by atoms with E-state index in [0.717, 1.165) is 85.5 Å². The molecule has 1 fully saturated rings. The zero-order chi connectivity index (χ0) is 22.4. The SMILES string of the molecule is Clc1ccc2[nH]c3c(OCCCNC4CCNCC4)c4[nH]c5ccc(Cl)cc5c4cc3c2c1. The molecule has 0 unspecified atom stereocenters. The summed E-state index contributed by atoms with van der Waals surface area (Å²) in [5, 5.41) is 12.9. The van der Waals surface area contributed by atoms with Crippen molar-refractivity contribution in [2.45, 2.75) is 25.3 Å². The Morgan fingerprint density at radius 1 is 0.818 bits per heavy atom. The zero-order valence-corrected chi connectivity index (χ0v) is 19.7. The number of piperidine rings is 1. The van der Waals surface area contributed by atoms with Crippen LogP contribution in [0, 0.1) is 0 Å². The number of rotatable bonds is 6. The summed E-state index contributed by atoms with van der Waals surface area (Å²) in [6, 6.07) is 14.7. The van der Waals surface area contributed by atoms with Gasteiger partial charge in [-0.2, -0.15) is 0 Å². The quantitative estimate of drug-likeness (QED) is 0.213. The van der Waals surface area contributed by atoms with Crippen molar-refractivity contribution < 1.29 is 4.74 Å². The minimum atomic E-state index is 0.610. The van der Waals surface area contributed by atoms with E-state index in [-0.39, 0.29) is 0 Å². The Balaban J connectivity index is 1.38. The first kappa shape index (κ1) is 21.1. The molecule has 3 aromatic carbocycles. The molecule has 5 nitrogen and oxygen atoms in total. The Morgan fingerprint density at radius 3 is 2.03 bits per heavy atom. The van der Waals surface area contributed by atoms with Gasteiger partial charge in [0.25, 0.3) is 0 Å². The second kappa shape index (κ2) is 8.73. The van der Waals surface area contributed by atoms with Crippen LogP contribution in [0.2, 0.25) is 10.0 Å². The molecule has 2 aromatic heterocycles. The number of H-pyrrole nitrogens is 2. The molecule has 7 heteroatoms. The van der Waals surface area contributed by atoms with Gasteiger partial charge in [-0.3, -0.25) is 0 Å². The van der Waals surface area contributed by atoms with Crippen LogP contribution in [0.25, 0.3) is 43.6 Å². The third kappa shape index (κ3) is 3.93. The lowest BCUT2D eigenvalue weighted by molar-refractivity contribution is 0.303. The van der Waals surface area contributed by atoms with Crippen LogP contribution >= 0.6 is 23.2 Å². The van der Waals surface area contributed by atoms with Crippen LogP contribution in [0.15, 0.2) is 42.5 Å². The summed E-state index contributed by atoms with van der Waals surface area (Å²) in [5.74, 6) is 0.851. The summed E-state index contributed by atoms with van der Waals surface area (Å²) in [4.78, 5) is 7.12. The van der Waals surface area contributed by atoms with E-state index in [1.807, 2.05) is 36.4 Å². The first-order valence-electron chi connectivity index (χ1n) is 11.6. The van der Waals surface area contributed by atoms with Gasteiger partial charge in [0.05, 0.1) is 17.6 Å². The normalized spacial score (nSPS) is 15.3. The highest BCUT2D eigenvalue weighted by atomic mass is 35.5. The van der Waals surface area contributed by atoms with Crippen molar-refractivity contribution in [3.05, 3.63) is 52.5 Å². The minimum Gasteiger partial charge on any atom is -0.489 e. The summed E-state index contributed by atoms with van der Waals surface area (Å²) in [5.41, 5.74) is 4.07. The molecule has 0 aliphatic carbocycles. The van der Waals surface area contributed by atoms with Crippen molar-refractivity contribution in [3.63, 3.8) is 0 Å². The molecule has 0 radical (unpaired) electrons. The van der Waals surface area contributed by atoms with Gasteiger partial charge in [-0.25, -0.2) is 0 Å². The van der Waals surface area contributed by atoms with Gasteiger partial charge >= 0.3 is 0 Å². The first-order chi connectivity index (χ1) is 16.2. The number of benzene rings is 3. The number of aromatic amines is 2. The molecule has 0 saturated carbocycles. The number of aromatic nitrogens is 2. The Hall–Kier alpha value is -2.44. The monoisotopic (exact) mass is 480 g/mol. The van der Waals surface area contributed by atoms with Gasteiger partial charge in [-0.15, -0.1) is 0 Å². The maximum absolute atomic E-state index is 6.46. The zero-order valence-electron chi connectivity index (χ0n) is 18.2. The molecule has 0 amide bonds. The lowest BCUT2D eigenvalue weighted by atomic mass is 10.1. The van der Waals surface area contributed by atoms with E-state index in [2.05, 4.69) is 26.7 Å². The molecule has 1 aliphatic heterocycles. The number of ether oxygens (including phenoxy) is 1. The fourth-order valence-electron chi connectivity index (χ4n) is 5.02. The highest BCUT2D eigenvalue weighted by Gasteiger charge is 2.18. The van der Waals surface area contributed by atoms with Crippen molar-refractivity contribution >= 4 is 66.8 Å². The predicted molar refractivity (Wildman–Crippen MR) is 139 cm³/mol. The van der Waals surface area contributed by atoms with E-state index in [1.165, 1.54) is 12.8 Å². The predicted octanol–water partition coefficient (Wildman–Crippen LogP) is 6.37. The fraction of sp³-hybridized carbons (Fsp3) is 0.308. The van der Waals surface area contributed by atoms with Gasteiger partial charge in [-0.05, 0) is 81.4 Å². The molecule has 4 N–H and O–H groups in total. The molecule has 33 heavy (non-hydrogen) atoms. The maximum atomic E-state index is 6.46. The highest BCUT2D eigenvalue weighted by Crippen LogP contribution is 2.41. The molecular formula is C26H26Cl2N4O. The molecule has 0 atom stereocenters. The summed E-state index contributed by atoms with van der Waals surface area (Å²) < 4.78 is 6.46. The van der Waals surface area contributed by atoms with Crippen molar-refractivity contribution in [1.29, 1.82) is 0 Å². The van der Waals surface area contributed by atoms with Crippen molar-refractivity contribution in [2.24, 2.45) is 0 Å². The Morgan fingerprint density at radius 2 is 1.42 bits per heavy atom. The van der Waals surface area contributed by atoms with Gasteiger partial charge < -0.3 is 25.3 Å². The van der Waals surface area contributed by atoms with Gasteiger partial charge in [-0.1, -0.05) is 23.2 Å². The lowest BCUT2D eigenvalue weighted by Crippen LogP contribution is -2.40. The van der Waals surface area contributed by atoms with Crippen LogP contribution in [0.4, 0.5) is 0 Å². The Labute approximate surface area is 201 Å². The lowest BCUT2D eigenvalue weighted by Gasteiger charge is -2.23. The van der Waals surface area contributed by atoms with Crippen LogP contribution in [-0.2, 0) is 0 Å². The van der Waals surface area contributed by atoms with E-state index in [0.29, 0.717) is 12.6 Å². The molecular weight excluding hydrogens is 455 g/mol. The van der Waals surface area contributed by atoms with E-state index in [9.17, 15) is 0 Å². The molecule has 0 bridgehead atoms. The second-order valence-corrected chi connectivity index (χ2v) is 9.73. The average Bonchev–Trinajstić information content (AvgIpc) is 3.37. The number of nitrogens with one attached hydrogen (secondary N) is 4. The number of hydrogen-bond donors (Lipinski definition) is 4. The number of hydrogen-bond acceptors (Lipinski definition) is 3. The smallest absolute Gasteiger partial charge is 0.167 e. The largest absolute Gasteiger partial charge is 0.489 e. The van der Waals surface area contributed by atoms with Crippen LogP contribution in [-0.4, -0.2) is 42.3 Å². The topological polar surface area (TPSA) is 64.9 Å². The summed E-state index contributed by atoms with van der Waals surface area (Å²) >= 11 is 12.7.